The topological polar surface area (TPSA) is 38.1 Å². The van der Waals surface area contributed by atoms with Gasteiger partial charge in [0.15, 0.2) is 0 Å². The van der Waals surface area contributed by atoms with Gasteiger partial charge in [-0.1, -0.05) is 0 Å². The SMILES string of the molecule is O=C(c1ccc(-n2cccn2)c(F)c1)N1CCC[C@H](C(F)(F)F)C1. The van der Waals surface area contributed by atoms with Crippen LogP contribution >= 0.6 is 0 Å². The number of benzene rings is 1. The molecule has 0 unspecified atom stereocenters. The molecule has 1 fully saturated rings. The largest absolute Gasteiger partial charge is 0.393 e. The maximum absolute atomic E-state index is 14.2. The van der Waals surface area contributed by atoms with Crippen molar-refractivity contribution >= 4 is 5.91 Å². The Hall–Kier alpha value is -2.38. The fourth-order valence-electron chi connectivity index (χ4n) is 2.85. The molecule has 2 aromatic rings. The van der Waals surface area contributed by atoms with E-state index in [9.17, 15) is 22.4 Å². The highest BCUT2D eigenvalue weighted by molar-refractivity contribution is 5.94. The predicted molar refractivity (Wildman–Crippen MR) is 78.2 cm³/mol. The number of alkyl halides is 3. The zero-order valence-electron chi connectivity index (χ0n) is 12.6. The van der Waals surface area contributed by atoms with Crippen molar-refractivity contribution in [3.8, 4) is 5.69 Å². The average Bonchev–Trinajstić information content (AvgIpc) is 3.07. The molecule has 1 aliphatic rings. The Morgan fingerprint density at radius 3 is 2.71 bits per heavy atom. The lowest BCUT2D eigenvalue weighted by atomic mass is 9.97. The molecule has 2 heterocycles. The molecule has 1 amide bonds. The van der Waals surface area contributed by atoms with Gasteiger partial charge in [-0.25, -0.2) is 9.07 Å². The molecule has 1 aliphatic heterocycles. The third-order valence-corrected chi connectivity index (χ3v) is 4.12. The fourth-order valence-corrected chi connectivity index (χ4v) is 2.85. The number of piperidine rings is 1. The molecule has 1 aromatic heterocycles. The van der Waals surface area contributed by atoms with Gasteiger partial charge >= 0.3 is 6.18 Å². The van der Waals surface area contributed by atoms with Gasteiger partial charge in [0.2, 0.25) is 0 Å². The van der Waals surface area contributed by atoms with E-state index < -0.39 is 23.8 Å². The normalized spacial score (nSPS) is 18.7. The lowest BCUT2D eigenvalue weighted by Crippen LogP contribution is -2.44. The number of rotatable bonds is 2. The highest BCUT2D eigenvalue weighted by atomic mass is 19.4. The van der Waals surface area contributed by atoms with Gasteiger partial charge in [-0.2, -0.15) is 18.3 Å². The molecule has 1 aromatic carbocycles. The standard InChI is InChI=1S/C16H15F4N3O/c17-13-9-11(4-5-14(13)23-8-2-6-21-23)15(24)22-7-1-3-12(10-22)16(18,19)20/h2,4-6,8-9,12H,1,3,7,10H2/t12-/m0/s1. The van der Waals surface area contributed by atoms with Crippen molar-refractivity contribution in [1.29, 1.82) is 0 Å². The van der Waals surface area contributed by atoms with Gasteiger partial charge in [0, 0.05) is 31.0 Å². The molecule has 0 bridgehead atoms. The van der Waals surface area contributed by atoms with Crippen LogP contribution in [-0.4, -0.2) is 39.9 Å². The molecule has 0 saturated carbocycles. The van der Waals surface area contributed by atoms with Crippen LogP contribution in [0.15, 0.2) is 36.7 Å². The Morgan fingerprint density at radius 2 is 2.08 bits per heavy atom. The lowest BCUT2D eigenvalue weighted by Gasteiger charge is -2.33. The van der Waals surface area contributed by atoms with Gasteiger partial charge in [-0.3, -0.25) is 4.79 Å². The predicted octanol–water partition coefficient (Wildman–Crippen LogP) is 3.43. The first kappa shape index (κ1) is 16.5. The molecule has 0 radical (unpaired) electrons. The Labute approximate surface area is 135 Å². The summed E-state index contributed by atoms with van der Waals surface area (Å²) in [5, 5.41) is 3.90. The van der Waals surface area contributed by atoms with E-state index in [0.717, 1.165) is 11.0 Å². The highest BCUT2D eigenvalue weighted by Crippen LogP contribution is 2.33. The van der Waals surface area contributed by atoms with Crippen LogP contribution in [0.25, 0.3) is 5.69 Å². The van der Waals surface area contributed by atoms with Crippen LogP contribution < -0.4 is 0 Å². The molecule has 0 aliphatic carbocycles. The molecular weight excluding hydrogens is 326 g/mol. The van der Waals surface area contributed by atoms with Gasteiger partial charge < -0.3 is 4.90 Å². The third-order valence-electron chi connectivity index (χ3n) is 4.12. The van der Waals surface area contributed by atoms with E-state index in [-0.39, 0.29) is 37.2 Å². The highest BCUT2D eigenvalue weighted by Gasteiger charge is 2.42. The first-order chi connectivity index (χ1) is 11.4. The Balaban J connectivity index is 1.79. The van der Waals surface area contributed by atoms with Crippen LogP contribution in [0.4, 0.5) is 17.6 Å². The van der Waals surface area contributed by atoms with Crippen LogP contribution in [0, 0.1) is 11.7 Å². The van der Waals surface area contributed by atoms with Crippen LogP contribution in [0.5, 0.6) is 0 Å². The van der Waals surface area contributed by atoms with Crippen molar-refractivity contribution in [1.82, 2.24) is 14.7 Å². The molecule has 4 nitrogen and oxygen atoms in total. The molecular formula is C16H15F4N3O. The van der Waals surface area contributed by atoms with E-state index in [0.29, 0.717) is 0 Å². The summed E-state index contributed by atoms with van der Waals surface area (Å²) in [4.78, 5) is 13.5. The van der Waals surface area contributed by atoms with Gasteiger partial charge in [0.05, 0.1) is 5.92 Å². The Morgan fingerprint density at radius 1 is 1.29 bits per heavy atom. The second-order valence-electron chi connectivity index (χ2n) is 5.75. The second kappa shape index (κ2) is 6.26. The van der Waals surface area contributed by atoms with Crippen molar-refractivity contribution in [2.24, 2.45) is 5.92 Å². The first-order valence-corrected chi connectivity index (χ1v) is 7.52. The summed E-state index contributed by atoms with van der Waals surface area (Å²) in [5.74, 6) is -2.77. The number of amides is 1. The summed E-state index contributed by atoms with van der Waals surface area (Å²) in [7, 11) is 0. The zero-order chi connectivity index (χ0) is 17.3. The van der Waals surface area contributed by atoms with Crippen molar-refractivity contribution in [3.05, 3.63) is 48.0 Å². The minimum atomic E-state index is -4.33. The van der Waals surface area contributed by atoms with E-state index in [1.54, 1.807) is 12.3 Å². The van der Waals surface area contributed by atoms with Crippen LogP contribution in [0.2, 0.25) is 0 Å². The third kappa shape index (κ3) is 3.27. The van der Waals surface area contributed by atoms with Crippen LogP contribution in [-0.2, 0) is 0 Å². The van der Waals surface area contributed by atoms with Gasteiger partial charge in [-0.05, 0) is 37.1 Å². The average molecular weight is 341 g/mol. The molecule has 0 N–H and O–H groups in total. The summed E-state index contributed by atoms with van der Waals surface area (Å²) in [6.07, 6.45) is -0.986. The maximum Gasteiger partial charge on any atom is 0.393 e. The molecule has 1 atom stereocenters. The number of carbonyl (C=O) groups excluding carboxylic acids is 1. The van der Waals surface area contributed by atoms with E-state index in [4.69, 9.17) is 0 Å². The smallest absolute Gasteiger partial charge is 0.338 e. The van der Waals surface area contributed by atoms with Crippen molar-refractivity contribution in [2.45, 2.75) is 19.0 Å². The first-order valence-electron chi connectivity index (χ1n) is 7.52. The summed E-state index contributed by atoms with van der Waals surface area (Å²) in [5.41, 5.74) is 0.203. The minimum Gasteiger partial charge on any atom is -0.338 e. The quantitative estimate of drug-likeness (QED) is 0.785. The number of aromatic nitrogens is 2. The van der Waals surface area contributed by atoms with Crippen molar-refractivity contribution < 1.29 is 22.4 Å². The van der Waals surface area contributed by atoms with Crippen molar-refractivity contribution in [2.75, 3.05) is 13.1 Å². The number of hydrogen-bond donors (Lipinski definition) is 0. The van der Waals surface area contributed by atoms with Gasteiger partial charge in [0.25, 0.3) is 5.91 Å². The van der Waals surface area contributed by atoms with E-state index in [1.165, 1.54) is 23.0 Å². The number of hydrogen-bond acceptors (Lipinski definition) is 2. The fraction of sp³-hybridized carbons (Fsp3) is 0.375. The van der Waals surface area contributed by atoms with E-state index in [2.05, 4.69) is 5.10 Å². The van der Waals surface area contributed by atoms with Crippen molar-refractivity contribution in [3.63, 3.8) is 0 Å². The Bertz CT molecular complexity index is 727. The molecule has 24 heavy (non-hydrogen) atoms. The summed E-state index contributed by atoms with van der Waals surface area (Å²) >= 11 is 0. The monoisotopic (exact) mass is 341 g/mol. The number of carbonyl (C=O) groups is 1. The maximum atomic E-state index is 14.2. The van der Waals surface area contributed by atoms with Crippen LogP contribution in [0.3, 0.4) is 0 Å². The summed E-state index contributed by atoms with van der Waals surface area (Å²) in [6.45, 7) is -0.140. The molecule has 128 valence electrons. The summed E-state index contributed by atoms with van der Waals surface area (Å²) in [6, 6.07) is 5.46. The summed E-state index contributed by atoms with van der Waals surface area (Å²) < 4.78 is 54.0. The molecule has 1 saturated heterocycles. The molecule has 0 spiro atoms. The van der Waals surface area contributed by atoms with E-state index in [1.807, 2.05) is 0 Å². The molecule has 8 heteroatoms. The number of nitrogens with zero attached hydrogens (tertiary/aromatic N) is 3. The second-order valence-corrected chi connectivity index (χ2v) is 5.75. The van der Waals surface area contributed by atoms with Gasteiger partial charge in [0.1, 0.15) is 11.5 Å². The van der Waals surface area contributed by atoms with Gasteiger partial charge in [-0.15, -0.1) is 0 Å². The lowest BCUT2D eigenvalue weighted by molar-refractivity contribution is -0.184. The van der Waals surface area contributed by atoms with Crippen LogP contribution in [0.1, 0.15) is 23.2 Å². The molecule has 3 rings (SSSR count). The zero-order valence-corrected chi connectivity index (χ0v) is 12.6. The Kier molecular flexibility index (Phi) is 4.29. The number of likely N-dealkylation sites (tertiary alicyclic amines) is 1. The number of halogens is 4. The minimum absolute atomic E-state index is 0.0138. The van der Waals surface area contributed by atoms with E-state index >= 15 is 0 Å².